The van der Waals surface area contributed by atoms with E-state index < -0.39 is 119 Å². The first-order chi connectivity index (χ1) is 35.6. The van der Waals surface area contributed by atoms with Crippen molar-refractivity contribution in [2.24, 2.45) is 0 Å². The van der Waals surface area contributed by atoms with Gasteiger partial charge in [-0.05, 0) is 0 Å². The van der Waals surface area contributed by atoms with Crippen molar-refractivity contribution in [2.45, 2.75) is 145 Å². The van der Waals surface area contributed by atoms with Crippen molar-refractivity contribution in [1.82, 2.24) is 0 Å². The molecule has 1 radical (unpaired) electrons. The number of rotatable bonds is 0. The van der Waals surface area contributed by atoms with Crippen LogP contribution in [-0.4, -0.2) is 222 Å². The zero-order chi connectivity index (χ0) is 73.5. The molecule has 0 aromatic heterocycles. The van der Waals surface area contributed by atoms with E-state index in [0.29, 0.717) is 0 Å². The van der Waals surface area contributed by atoms with Gasteiger partial charge in [0.2, 0.25) is 0 Å². The lowest BCUT2D eigenvalue weighted by molar-refractivity contribution is -0.135. The minimum Gasteiger partial charge on any atom is -0.481 e. The first-order valence-corrected chi connectivity index (χ1v) is 19.3. The van der Waals surface area contributed by atoms with E-state index in [1.165, 1.54) is 0 Å². The topological polar surface area (TPSA) is 746 Å². The molecule has 0 saturated heterocycles. The van der Waals surface area contributed by atoms with Gasteiger partial charge >= 0.3 is 0 Å². The summed E-state index contributed by atoms with van der Waals surface area (Å²) in [4.78, 5) is 180. The lowest BCUT2D eigenvalue weighted by Crippen LogP contribution is -1.78. The van der Waals surface area contributed by atoms with Crippen LogP contribution in [0.25, 0.3) is 0 Å². The smallest absolute Gasteiger partial charge is 0.300 e. The lowest BCUT2D eigenvalue weighted by Gasteiger charge is -1.59. The van der Waals surface area contributed by atoms with Crippen LogP contribution in [0.15, 0.2) is 0 Å². The Bertz CT molecular complexity index is 1060. The summed E-state index contributed by atoms with van der Waals surface area (Å²) in [6.07, 6.45) is 0. The summed E-state index contributed by atoms with van der Waals surface area (Å²) in [7, 11) is 0. The summed E-state index contributed by atoms with van der Waals surface area (Å²) in [5.74, 6) is -16.7. The Morgan fingerprint density at radius 1 is 0.122 bits per heavy atom. The normalized spacial score (nSPS) is 6.17. The molecular formula is C42H85O40. The van der Waals surface area contributed by atoms with Gasteiger partial charge < -0.3 is 102 Å². The summed E-state index contributed by atoms with van der Waals surface area (Å²) in [6, 6.07) is 0. The van der Waals surface area contributed by atoms with Crippen molar-refractivity contribution in [3.63, 3.8) is 0 Å². The SMILES string of the molecule is CC(=O)O.CC(=O)O.CC(=O)O.CC(=O)O.CC(=O)O.CC(=O)O.CC(=O)O.CC(=O)O.CC(=O)O.CC(=O)O.CC(=O)O.CC(=O)O.CC(=O)O.CC(=O)O.CC(=O)O.CC(=O)O.CC(=O)O.CC(=O)O.CC(=O)O.CC(=O)O.[CH2]C. The van der Waals surface area contributed by atoms with Crippen LogP contribution in [0.1, 0.15) is 145 Å². The van der Waals surface area contributed by atoms with E-state index in [-0.39, 0.29) is 0 Å². The van der Waals surface area contributed by atoms with Crippen LogP contribution in [0.4, 0.5) is 0 Å². The number of carboxylic acids is 20. The predicted molar refractivity (Wildman–Crippen MR) is 277 cm³/mol. The van der Waals surface area contributed by atoms with Crippen LogP contribution in [0.2, 0.25) is 0 Å². The molecule has 0 aliphatic heterocycles. The van der Waals surface area contributed by atoms with E-state index in [0.717, 1.165) is 138 Å². The van der Waals surface area contributed by atoms with E-state index in [2.05, 4.69) is 6.92 Å². The second-order valence-electron chi connectivity index (χ2n) is 10.4. The van der Waals surface area contributed by atoms with Crippen molar-refractivity contribution in [3.05, 3.63) is 6.92 Å². The number of carbonyl (C=O) groups is 20. The number of hydrogen-bond acceptors (Lipinski definition) is 20. The lowest BCUT2D eigenvalue weighted by atomic mass is 10.9. The minimum absolute atomic E-state index is 0.833. The summed E-state index contributed by atoms with van der Waals surface area (Å²) >= 11 is 0. The molecule has 0 atom stereocenters. The Labute approximate surface area is 469 Å². The van der Waals surface area contributed by atoms with E-state index in [1.807, 2.05) is 0 Å². The Hall–Kier alpha value is -10.6. The zero-order valence-corrected chi connectivity index (χ0v) is 48.8. The van der Waals surface area contributed by atoms with Gasteiger partial charge in [0.05, 0.1) is 0 Å². The highest BCUT2D eigenvalue weighted by Crippen LogP contribution is 1.49. The molecule has 0 aliphatic rings. The van der Waals surface area contributed by atoms with Gasteiger partial charge in [-0.3, -0.25) is 95.9 Å². The van der Waals surface area contributed by atoms with Crippen LogP contribution in [0.3, 0.4) is 0 Å². The average Bonchev–Trinajstić information content (AvgIpc) is 3.04. The quantitative estimate of drug-likeness (QED) is 0.166. The van der Waals surface area contributed by atoms with Crippen molar-refractivity contribution >= 4 is 119 Å². The molecule has 0 spiro atoms. The Balaban J connectivity index is -0.0000000251. The molecular weight excluding hydrogens is 1140 g/mol. The third kappa shape index (κ3) is 2890. The van der Waals surface area contributed by atoms with Gasteiger partial charge in [-0.25, -0.2) is 0 Å². The van der Waals surface area contributed by atoms with Crippen LogP contribution in [-0.2, 0) is 95.9 Å². The fourth-order valence-corrected chi connectivity index (χ4v) is 0. The fraction of sp³-hybridized carbons (Fsp3) is 0.500. The summed E-state index contributed by atoms with van der Waals surface area (Å²) in [5, 5.41) is 148. The third-order valence-electron chi connectivity index (χ3n) is 0. The van der Waals surface area contributed by atoms with Gasteiger partial charge in [0, 0.05) is 138 Å². The van der Waals surface area contributed by atoms with Crippen LogP contribution in [0.5, 0.6) is 0 Å². The molecule has 0 fully saturated rings. The molecule has 40 heteroatoms. The molecule has 493 valence electrons. The second-order valence-corrected chi connectivity index (χ2v) is 10.4. The van der Waals surface area contributed by atoms with Gasteiger partial charge in [-0.15, -0.1) is 0 Å². The predicted octanol–water partition coefficient (Wildman–Crippen LogP) is 2.66. The molecule has 0 amide bonds. The monoisotopic (exact) mass is 1230 g/mol. The zero-order valence-electron chi connectivity index (χ0n) is 48.8. The number of carboxylic acid groups (broad SMARTS) is 20. The van der Waals surface area contributed by atoms with E-state index in [4.69, 9.17) is 198 Å². The largest absolute Gasteiger partial charge is 0.481 e. The van der Waals surface area contributed by atoms with Gasteiger partial charge in [0.1, 0.15) is 0 Å². The minimum atomic E-state index is -0.833. The molecule has 0 aromatic rings. The van der Waals surface area contributed by atoms with Crippen molar-refractivity contribution in [2.75, 3.05) is 0 Å². The van der Waals surface area contributed by atoms with Crippen LogP contribution < -0.4 is 0 Å². The second kappa shape index (κ2) is 139. The maximum Gasteiger partial charge on any atom is 0.300 e. The summed E-state index contributed by atoms with van der Waals surface area (Å²) in [6.45, 7) is 26.7. The van der Waals surface area contributed by atoms with Gasteiger partial charge in [0.15, 0.2) is 0 Å². The molecule has 0 unspecified atom stereocenters. The van der Waals surface area contributed by atoms with Crippen LogP contribution >= 0.6 is 0 Å². The molecule has 0 saturated carbocycles. The van der Waals surface area contributed by atoms with Gasteiger partial charge in [-0.2, -0.15) is 0 Å². The average molecular weight is 1230 g/mol. The van der Waals surface area contributed by atoms with E-state index >= 15 is 0 Å². The first kappa shape index (κ1) is 139. The van der Waals surface area contributed by atoms with Gasteiger partial charge in [0.25, 0.3) is 119 Å². The van der Waals surface area contributed by atoms with Crippen molar-refractivity contribution < 1.29 is 198 Å². The molecule has 40 nitrogen and oxygen atoms in total. The highest BCUT2D eigenvalue weighted by atomic mass is 16.4. The van der Waals surface area contributed by atoms with Gasteiger partial charge in [-0.1, -0.05) is 13.8 Å². The van der Waals surface area contributed by atoms with Crippen molar-refractivity contribution in [1.29, 1.82) is 0 Å². The first-order valence-electron chi connectivity index (χ1n) is 19.3. The maximum atomic E-state index is 9.00. The van der Waals surface area contributed by atoms with Crippen LogP contribution in [0, 0.1) is 6.92 Å². The Kier molecular flexibility index (Phi) is 236. The number of aliphatic carboxylic acids is 20. The molecule has 0 bridgehead atoms. The van der Waals surface area contributed by atoms with E-state index in [1.54, 1.807) is 6.92 Å². The molecule has 20 N–H and O–H groups in total. The highest BCUT2D eigenvalue weighted by molar-refractivity contribution is 5.67. The molecule has 0 aliphatic carbocycles. The van der Waals surface area contributed by atoms with E-state index in [9.17, 15) is 0 Å². The standard InChI is InChI=1S/20C2H4O2.C2H5/c20*1-2(3)4;1-2/h20*1H3,(H,3,4);1H2,2H3. The Morgan fingerprint density at radius 2 is 0.122 bits per heavy atom. The molecule has 0 rings (SSSR count). The molecule has 0 heterocycles. The fourth-order valence-electron chi connectivity index (χ4n) is 0. The van der Waals surface area contributed by atoms with Crippen molar-refractivity contribution in [3.8, 4) is 0 Å². The summed E-state index contributed by atoms with van der Waals surface area (Å²) < 4.78 is 0. The molecule has 0 aromatic carbocycles. The maximum absolute atomic E-state index is 9.00. The highest BCUT2D eigenvalue weighted by Gasteiger charge is 1.72. The molecule has 82 heavy (non-hydrogen) atoms. The number of hydrogen-bond donors (Lipinski definition) is 20. The summed E-state index contributed by atoms with van der Waals surface area (Å²) in [5.41, 5.74) is 0. The third-order valence-corrected chi connectivity index (χ3v) is 0. The Morgan fingerprint density at radius 3 is 0.122 bits per heavy atom.